The molecular weight excluding hydrogens is 238 g/mol. The van der Waals surface area contributed by atoms with E-state index in [2.05, 4.69) is 4.74 Å². The predicted octanol–water partition coefficient (Wildman–Crippen LogP) is 2.87. The third-order valence-electron chi connectivity index (χ3n) is 1.77. The zero-order chi connectivity index (χ0) is 12.3. The van der Waals surface area contributed by atoms with Gasteiger partial charge in [0.25, 0.3) is 0 Å². The second-order valence-electron chi connectivity index (χ2n) is 2.79. The van der Waals surface area contributed by atoms with E-state index >= 15 is 0 Å². The van der Waals surface area contributed by atoms with Crippen molar-refractivity contribution in [2.24, 2.45) is 0 Å². The lowest BCUT2D eigenvalue weighted by atomic mass is 10.2. The van der Waals surface area contributed by atoms with Crippen LogP contribution in [-0.4, -0.2) is 13.3 Å². The lowest BCUT2D eigenvalue weighted by Gasteiger charge is -2.07. The molecule has 0 fully saturated rings. The van der Waals surface area contributed by atoms with Gasteiger partial charge in [0, 0.05) is 0 Å². The molecule has 90 valence electrons. The lowest BCUT2D eigenvalue weighted by Crippen LogP contribution is -2.09. The molecule has 0 spiro atoms. The first-order valence-corrected chi connectivity index (χ1v) is 4.14. The van der Waals surface area contributed by atoms with Crippen LogP contribution >= 0.6 is 0 Å². The van der Waals surface area contributed by atoms with Crippen molar-refractivity contribution in [3.63, 3.8) is 0 Å². The molecular formula is C9H6F6O. The van der Waals surface area contributed by atoms with E-state index in [4.69, 9.17) is 0 Å². The van der Waals surface area contributed by atoms with Crippen LogP contribution in [0.5, 0.6) is 0 Å². The van der Waals surface area contributed by atoms with Gasteiger partial charge in [-0.2, -0.15) is 0 Å². The molecule has 7 heteroatoms. The van der Waals surface area contributed by atoms with Crippen LogP contribution in [0.2, 0.25) is 0 Å². The zero-order valence-corrected chi connectivity index (χ0v) is 7.80. The van der Waals surface area contributed by atoms with Gasteiger partial charge in [-0.3, -0.25) is 0 Å². The van der Waals surface area contributed by atoms with Gasteiger partial charge in [-0.1, -0.05) is 0 Å². The summed E-state index contributed by atoms with van der Waals surface area (Å²) in [4.78, 5) is 0. The van der Waals surface area contributed by atoms with E-state index < -0.39 is 54.5 Å². The molecule has 0 aliphatic carbocycles. The van der Waals surface area contributed by atoms with Crippen molar-refractivity contribution in [1.82, 2.24) is 0 Å². The standard InChI is InChI=1S/C9H6F6O/c10-1-2-16-3-4-5(11)7(13)9(15)8(14)6(4)12/h1-3H2. The van der Waals surface area contributed by atoms with Crippen LogP contribution in [0.4, 0.5) is 26.3 Å². The van der Waals surface area contributed by atoms with Crippen LogP contribution in [0.15, 0.2) is 0 Å². The highest BCUT2D eigenvalue weighted by Crippen LogP contribution is 2.23. The first kappa shape index (κ1) is 12.8. The highest BCUT2D eigenvalue weighted by molar-refractivity contribution is 5.23. The molecule has 0 aromatic heterocycles. The van der Waals surface area contributed by atoms with Crippen LogP contribution < -0.4 is 0 Å². The molecule has 0 saturated heterocycles. The third kappa shape index (κ3) is 2.29. The van der Waals surface area contributed by atoms with Crippen molar-refractivity contribution in [3.8, 4) is 0 Å². The summed E-state index contributed by atoms with van der Waals surface area (Å²) < 4.78 is 79.6. The van der Waals surface area contributed by atoms with Crippen LogP contribution in [0, 0.1) is 29.1 Å². The molecule has 0 aliphatic rings. The van der Waals surface area contributed by atoms with E-state index in [0.29, 0.717) is 0 Å². The van der Waals surface area contributed by atoms with Crippen molar-refractivity contribution in [2.75, 3.05) is 13.3 Å². The summed E-state index contributed by atoms with van der Waals surface area (Å²) in [5.74, 6) is -10.2. The molecule has 0 bridgehead atoms. The summed E-state index contributed by atoms with van der Waals surface area (Å²) in [6, 6.07) is 0. The van der Waals surface area contributed by atoms with Gasteiger partial charge in [0.05, 0.1) is 18.8 Å². The van der Waals surface area contributed by atoms with Crippen molar-refractivity contribution < 1.29 is 31.1 Å². The average molecular weight is 244 g/mol. The number of hydrogen-bond acceptors (Lipinski definition) is 1. The first-order chi connectivity index (χ1) is 7.50. The van der Waals surface area contributed by atoms with Crippen molar-refractivity contribution in [2.45, 2.75) is 6.61 Å². The van der Waals surface area contributed by atoms with Gasteiger partial charge < -0.3 is 4.74 Å². The minimum absolute atomic E-state index is 0.487. The average Bonchev–Trinajstić information content (AvgIpc) is 2.28. The van der Waals surface area contributed by atoms with Crippen molar-refractivity contribution in [1.29, 1.82) is 0 Å². The van der Waals surface area contributed by atoms with E-state index in [0.717, 1.165) is 0 Å². The highest BCUT2D eigenvalue weighted by atomic mass is 19.2. The Morgan fingerprint density at radius 3 is 1.62 bits per heavy atom. The molecule has 0 heterocycles. The maximum absolute atomic E-state index is 12.9. The van der Waals surface area contributed by atoms with E-state index in [9.17, 15) is 26.3 Å². The summed E-state index contributed by atoms with van der Waals surface area (Å²) in [5.41, 5.74) is -1.11. The molecule has 0 amide bonds. The second kappa shape index (κ2) is 5.20. The summed E-state index contributed by atoms with van der Waals surface area (Å²) in [7, 11) is 0. The molecule has 1 aromatic rings. The third-order valence-corrected chi connectivity index (χ3v) is 1.77. The van der Waals surface area contributed by atoms with Gasteiger partial charge in [-0.15, -0.1) is 0 Å². The fourth-order valence-electron chi connectivity index (χ4n) is 1.01. The molecule has 0 atom stereocenters. The first-order valence-electron chi connectivity index (χ1n) is 4.14. The molecule has 0 N–H and O–H groups in total. The Labute approximate surface area is 86.6 Å². The minimum Gasteiger partial charge on any atom is -0.374 e. The van der Waals surface area contributed by atoms with E-state index in [1.54, 1.807) is 0 Å². The normalized spacial score (nSPS) is 10.9. The molecule has 0 aliphatic heterocycles. The van der Waals surface area contributed by atoms with Gasteiger partial charge in [-0.25, -0.2) is 26.3 Å². The SMILES string of the molecule is FCCOCc1c(F)c(F)c(F)c(F)c1F. The Bertz CT molecular complexity index is 363. The van der Waals surface area contributed by atoms with E-state index in [1.165, 1.54) is 0 Å². The van der Waals surface area contributed by atoms with Crippen LogP contribution in [0.25, 0.3) is 0 Å². The van der Waals surface area contributed by atoms with E-state index in [1.807, 2.05) is 0 Å². The van der Waals surface area contributed by atoms with Gasteiger partial charge >= 0.3 is 0 Å². The Hall–Kier alpha value is -1.24. The Balaban J connectivity index is 3.08. The lowest BCUT2D eigenvalue weighted by molar-refractivity contribution is 0.100. The zero-order valence-electron chi connectivity index (χ0n) is 7.80. The monoisotopic (exact) mass is 244 g/mol. The fourth-order valence-corrected chi connectivity index (χ4v) is 1.01. The number of halogens is 6. The maximum atomic E-state index is 12.9. The van der Waals surface area contributed by atoms with Crippen molar-refractivity contribution >= 4 is 0 Å². The van der Waals surface area contributed by atoms with Crippen molar-refractivity contribution in [3.05, 3.63) is 34.6 Å². The number of rotatable bonds is 4. The predicted molar refractivity (Wildman–Crippen MR) is 41.9 cm³/mol. The van der Waals surface area contributed by atoms with Crippen LogP contribution in [0.3, 0.4) is 0 Å². The Morgan fingerprint density at radius 2 is 1.19 bits per heavy atom. The maximum Gasteiger partial charge on any atom is 0.200 e. The Kier molecular flexibility index (Phi) is 4.17. The second-order valence-corrected chi connectivity index (χ2v) is 2.79. The van der Waals surface area contributed by atoms with Gasteiger partial charge in [0.15, 0.2) is 23.3 Å². The molecule has 0 unspecified atom stereocenters. The topological polar surface area (TPSA) is 9.23 Å². The minimum atomic E-state index is -2.23. The quantitative estimate of drug-likeness (QED) is 0.342. The number of hydrogen-bond donors (Lipinski definition) is 0. The highest BCUT2D eigenvalue weighted by Gasteiger charge is 2.25. The van der Waals surface area contributed by atoms with Gasteiger partial charge in [0.2, 0.25) is 5.82 Å². The summed E-state index contributed by atoms with van der Waals surface area (Å²) in [6.07, 6.45) is 0. The largest absolute Gasteiger partial charge is 0.374 e. The van der Waals surface area contributed by atoms with Gasteiger partial charge in [-0.05, 0) is 0 Å². The molecule has 1 nitrogen and oxygen atoms in total. The number of alkyl halides is 1. The van der Waals surface area contributed by atoms with Crippen LogP contribution in [-0.2, 0) is 11.3 Å². The molecule has 0 saturated carbocycles. The van der Waals surface area contributed by atoms with Gasteiger partial charge in [0.1, 0.15) is 6.67 Å². The number of ether oxygens (including phenoxy) is 1. The molecule has 1 rings (SSSR count). The molecule has 0 radical (unpaired) electrons. The molecule has 1 aromatic carbocycles. The smallest absolute Gasteiger partial charge is 0.200 e. The van der Waals surface area contributed by atoms with E-state index in [-0.39, 0.29) is 0 Å². The number of benzene rings is 1. The van der Waals surface area contributed by atoms with Crippen LogP contribution in [0.1, 0.15) is 5.56 Å². The molecule has 16 heavy (non-hydrogen) atoms. The fraction of sp³-hybridized carbons (Fsp3) is 0.333. The summed E-state index contributed by atoms with van der Waals surface area (Å²) >= 11 is 0. The summed E-state index contributed by atoms with van der Waals surface area (Å²) in [6.45, 7) is -2.29. The Morgan fingerprint density at radius 1 is 0.750 bits per heavy atom. The summed E-state index contributed by atoms with van der Waals surface area (Å²) in [5, 5.41) is 0.